The Balaban J connectivity index is 1.21. The Morgan fingerprint density at radius 3 is 2.83 bits per heavy atom. The summed E-state index contributed by atoms with van der Waals surface area (Å²) in [5, 5.41) is 0. The van der Waals surface area contributed by atoms with Gasteiger partial charge in [0.05, 0.1) is 17.1 Å². The largest absolute Gasteiger partial charge is 0.486 e. The Morgan fingerprint density at radius 1 is 1.03 bits per heavy atom. The van der Waals surface area contributed by atoms with E-state index in [-0.39, 0.29) is 5.78 Å². The minimum atomic E-state index is 0.190. The molecule has 0 amide bonds. The molecule has 0 N–H and O–H groups in total. The van der Waals surface area contributed by atoms with Gasteiger partial charge in [-0.1, -0.05) is 12.1 Å². The number of rotatable bonds is 3. The smallest absolute Gasteiger partial charge is 0.163 e. The summed E-state index contributed by atoms with van der Waals surface area (Å²) in [5.74, 6) is 3.14. The van der Waals surface area contributed by atoms with Crippen LogP contribution >= 0.6 is 0 Å². The van der Waals surface area contributed by atoms with Crippen LogP contribution in [-0.4, -0.2) is 46.5 Å². The monoisotopic (exact) mass is 403 g/mol. The Morgan fingerprint density at radius 2 is 1.90 bits per heavy atom. The van der Waals surface area contributed by atoms with Crippen LogP contribution in [0.2, 0.25) is 0 Å². The first-order valence-electron chi connectivity index (χ1n) is 10.9. The summed E-state index contributed by atoms with van der Waals surface area (Å²) in [7, 11) is 0. The highest BCUT2D eigenvalue weighted by Crippen LogP contribution is 2.39. The number of hydrogen-bond acceptors (Lipinski definition) is 5. The lowest BCUT2D eigenvalue weighted by atomic mass is 9.85. The van der Waals surface area contributed by atoms with Gasteiger partial charge in [0.15, 0.2) is 17.3 Å². The molecule has 154 valence electrons. The zero-order valence-electron chi connectivity index (χ0n) is 16.9. The van der Waals surface area contributed by atoms with E-state index in [1.165, 1.54) is 11.3 Å². The number of ether oxygens (including phenoxy) is 2. The van der Waals surface area contributed by atoms with Crippen molar-refractivity contribution in [2.24, 2.45) is 5.92 Å². The second-order valence-corrected chi connectivity index (χ2v) is 8.54. The minimum absolute atomic E-state index is 0.190. The molecule has 6 heteroatoms. The molecule has 2 aromatic carbocycles. The maximum absolute atomic E-state index is 13.0. The van der Waals surface area contributed by atoms with Gasteiger partial charge in [0.2, 0.25) is 0 Å². The molecule has 0 bridgehead atoms. The van der Waals surface area contributed by atoms with Crippen LogP contribution in [-0.2, 0) is 6.54 Å². The van der Waals surface area contributed by atoms with Gasteiger partial charge in [0.1, 0.15) is 19.0 Å². The van der Waals surface area contributed by atoms with Gasteiger partial charge in [-0.15, -0.1) is 0 Å². The lowest BCUT2D eigenvalue weighted by molar-refractivity contribution is 0.0710. The number of carbonyl (C=O) groups excluding carboxylic acids is 1. The van der Waals surface area contributed by atoms with E-state index in [1.807, 2.05) is 18.2 Å². The topological polar surface area (TPSA) is 56.6 Å². The quantitative estimate of drug-likeness (QED) is 0.622. The van der Waals surface area contributed by atoms with E-state index in [1.54, 1.807) is 0 Å². The van der Waals surface area contributed by atoms with E-state index in [9.17, 15) is 4.79 Å². The fourth-order valence-corrected chi connectivity index (χ4v) is 5.22. The molecule has 0 unspecified atom stereocenters. The number of nitrogens with zero attached hydrogens (tertiary/aromatic N) is 3. The molecule has 6 rings (SSSR count). The lowest BCUT2D eigenvalue weighted by Gasteiger charge is -2.42. The fourth-order valence-electron chi connectivity index (χ4n) is 5.22. The number of fused-ring (bicyclic) bond motifs is 6. The molecule has 2 atom stereocenters. The molecule has 1 fully saturated rings. The first-order chi connectivity index (χ1) is 14.8. The van der Waals surface area contributed by atoms with Crippen LogP contribution in [0.4, 0.5) is 0 Å². The highest BCUT2D eigenvalue weighted by Gasteiger charge is 2.36. The third-order valence-electron chi connectivity index (χ3n) is 6.75. The van der Waals surface area contributed by atoms with Crippen molar-refractivity contribution < 1.29 is 14.3 Å². The van der Waals surface area contributed by atoms with Gasteiger partial charge in [-0.05, 0) is 55.6 Å². The maximum atomic E-state index is 13.0. The molecule has 1 aromatic heterocycles. The fraction of sp³-hybridized carbons (Fsp3) is 0.417. The number of piperidine rings is 1. The number of benzene rings is 2. The average molecular weight is 403 g/mol. The van der Waals surface area contributed by atoms with Crippen molar-refractivity contribution in [3.05, 3.63) is 53.9 Å². The molecule has 0 aliphatic carbocycles. The molecule has 3 aromatic rings. The summed E-state index contributed by atoms with van der Waals surface area (Å²) in [5.41, 5.74) is 3.02. The number of para-hydroxylation sites is 2. The van der Waals surface area contributed by atoms with Crippen molar-refractivity contribution in [2.75, 3.05) is 26.3 Å². The number of carbonyl (C=O) groups is 1. The van der Waals surface area contributed by atoms with Crippen LogP contribution in [0.3, 0.4) is 0 Å². The predicted octanol–water partition coefficient (Wildman–Crippen LogP) is 3.85. The van der Waals surface area contributed by atoms with Crippen molar-refractivity contribution >= 4 is 16.8 Å². The van der Waals surface area contributed by atoms with Crippen molar-refractivity contribution in [2.45, 2.75) is 31.8 Å². The van der Waals surface area contributed by atoms with Crippen molar-refractivity contribution in [1.82, 2.24) is 14.5 Å². The molecule has 6 nitrogen and oxygen atoms in total. The highest BCUT2D eigenvalue weighted by atomic mass is 16.6. The highest BCUT2D eigenvalue weighted by molar-refractivity contribution is 5.96. The van der Waals surface area contributed by atoms with E-state index in [0.29, 0.717) is 37.3 Å². The number of hydrogen-bond donors (Lipinski definition) is 0. The normalized spacial score (nSPS) is 23.1. The standard InChI is InChI=1S/C24H25N3O3/c28-21(17-5-6-22-23(15-17)30-12-11-29-22)14-16-7-8-26-9-10-27-19-4-2-1-3-18(19)25-24(27)20(26)13-16/h1-6,15-16,20H,7-14H2/t16-,20-/m1/s1. The Bertz CT molecular complexity index is 1120. The first-order valence-corrected chi connectivity index (χ1v) is 10.9. The summed E-state index contributed by atoms with van der Waals surface area (Å²) in [6, 6.07) is 14.3. The molecule has 0 spiro atoms. The molecule has 3 aliphatic heterocycles. The molecular weight excluding hydrogens is 378 g/mol. The first kappa shape index (κ1) is 18.0. The number of imidazole rings is 1. The third-order valence-corrected chi connectivity index (χ3v) is 6.75. The van der Waals surface area contributed by atoms with E-state index < -0.39 is 0 Å². The predicted molar refractivity (Wildman–Crippen MR) is 113 cm³/mol. The zero-order valence-corrected chi connectivity index (χ0v) is 16.9. The number of ketones is 1. The van der Waals surface area contributed by atoms with Gasteiger partial charge in [0.25, 0.3) is 0 Å². The summed E-state index contributed by atoms with van der Waals surface area (Å²) in [4.78, 5) is 20.5. The van der Waals surface area contributed by atoms with Gasteiger partial charge in [-0.2, -0.15) is 0 Å². The molecule has 0 radical (unpaired) electrons. The molecule has 3 aliphatic rings. The summed E-state index contributed by atoms with van der Waals surface area (Å²) in [6.45, 7) is 4.18. The van der Waals surface area contributed by atoms with Gasteiger partial charge in [-0.25, -0.2) is 4.98 Å². The van der Waals surface area contributed by atoms with Crippen molar-refractivity contribution in [1.29, 1.82) is 0 Å². The summed E-state index contributed by atoms with van der Waals surface area (Å²) >= 11 is 0. The van der Waals surface area contributed by atoms with E-state index in [0.717, 1.165) is 49.3 Å². The molecule has 4 heterocycles. The van der Waals surface area contributed by atoms with Crippen LogP contribution in [0.25, 0.3) is 11.0 Å². The molecule has 1 saturated heterocycles. The van der Waals surface area contributed by atoms with Crippen LogP contribution in [0.15, 0.2) is 42.5 Å². The summed E-state index contributed by atoms with van der Waals surface area (Å²) < 4.78 is 13.6. The van der Waals surface area contributed by atoms with Gasteiger partial charge >= 0.3 is 0 Å². The summed E-state index contributed by atoms with van der Waals surface area (Å²) in [6.07, 6.45) is 2.62. The van der Waals surface area contributed by atoms with Gasteiger partial charge in [0, 0.05) is 25.1 Å². The molecule has 30 heavy (non-hydrogen) atoms. The maximum Gasteiger partial charge on any atom is 0.163 e. The number of Topliss-reactive ketones (excluding diaryl/α,β-unsaturated/α-hetero) is 1. The average Bonchev–Trinajstić information content (AvgIpc) is 3.18. The SMILES string of the molecule is O=C(C[C@@H]1CCN2CCn3c(nc4ccccc43)[C@H]2C1)c1ccc2c(c1)OCCO2. The van der Waals surface area contributed by atoms with Crippen LogP contribution in [0.1, 0.15) is 41.5 Å². The number of aromatic nitrogens is 2. The van der Waals surface area contributed by atoms with Crippen LogP contribution < -0.4 is 9.47 Å². The van der Waals surface area contributed by atoms with Crippen LogP contribution in [0.5, 0.6) is 11.5 Å². The van der Waals surface area contributed by atoms with Gasteiger partial charge in [-0.3, -0.25) is 9.69 Å². The van der Waals surface area contributed by atoms with Crippen LogP contribution in [0, 0.1) is 5.92 Å². The minimum Gasteiger partial charge on any atom is -0.486 e. The lowest BCUT2D eigenvalue weighted by Crippen LogP contribution is -2.43. The zero-order chi connectivity index (χ0) is 20.1. The third kappa shape index (κ3) is 2.98. The van der Waals surface area contributed by atoms with E-state index >= 15 is 0 Å². The van der Waals surface area contributed by atoms with E-state index in [4.69, 9.17) is 14.5 Å². The van der Waals surface area contributed by atoms with E-state index in [2.05, 4.69) is 33.7 Å². The van der Waals surface area contributed by atoms with Crippen molar-refractivity contribution in [3.63, 3.8) is 0 Å². The Hall–Kier alpha value is -2.86. The second kappa shape index (κ2) is 7.13. The molecule has 0 saturated carbocycles. The molecular formula is C24H25N3O3. The Kier molecular flexibility index (Phi) is 4.27. The van der Waals surface area contributed by atoms with Crippen molar-refractivity contribution in [3.8, 4) is 11.5 Å². The Labute approximate surface area is 175 Å². The van der Waals surface area contributed by atoms with Gasteiger partial charge < -0.3 is 14.0 Å². The second-order valence-electron chi connectivity index (χ2n) is 8.54.